The summed E-state index contributed by atoms with van der Waals surface area (Å²) >= 11 is 19.7. The molecule has 1 aliphatic heterocycles. The van der Waals surface area contributed by atoms with Crippen molar-refractivity contribution in [3.8, 4) is 22.3 Å². The Labute approximate surface area is 457 Å². The van der Waals surface area contributed by atoms with Gasteiger partial charge in [0.05, 0.1) is 91.0 Å². The Balaban J connectivity index is 0.000000241. The first-order valence-corrected chi connectivity index (χ1v) is 26.6. The minimum atomic E-state index is -0.325. The second-order valence-corrected chi connectivity index (χ2v) is 21.0. The van der Waals surface area contributed by atoms with Crippen LogP contribution in [-0.4, -0.2) is 118 Å². The SMILES string of the molecule is Brc1ccc(Br)cc1.Brc1cn[nH]c1.COCCBr.COCCn1cc(-c2ccc(B3OC(C)(C)C(C)(C)O3)cc2)cn1.COCCn1cc(-c2ccc(Br)cc2)cn1.COCCn1cc(Br)cn1. The highest BCUT2D eigenvalue weighted by atomic mass is 79.9. The first-order valence-electron chi connectivity index (χ1n) is 21.6. The maximum Gasteiger partial charge on any atom is 0.494 e. The molecule has 14 nitrogen and oxygen atoms in total. The molecular formula is C48H61BBr6N8O6. The van der Waals surface area contributed by atoms with E-state index in [2.05, 4.69) is 190 Å². The fraction of sp³-hybridized carbons (Fsp3) is 0.375. The van der Waals surface area contributed by atoms with E-state index in [1.807, 2.05) is 81.4 Å². The number of rotatable bonds is 14. The minimum Gasteiger partial charge on any atom is -0.399 e. The van der Waals surface area contributed by atoms with Crippen molar-refractivity contribution in [1.29, 1.82) is 0 Å². The Morgan fingerprint density at radius 2 is 0.884 bits per heavy atom. The van der Waals surface area contributed by atoms with Crippen LogP contribution in [0.5, 0.6) is 0 Å². The Kier molecular flexibility index (Phi) is 29.0. The summed E-state index contributed by atoms with van der Waals surface area (Å²) in [5.41, 5.74) is 4.91. The third-order valence-electron chi connectivity index (χ3n) is 9.94. The topological polar surface area (TPSA) is 138 Å². The van der Waals surface area contributed by atoms with Crippen LogP contribution >= 0.6 is 95.6 Å². The maximum atomic E-state index is 6.09. The van der Waals surface area contributed by atoms with E-state index in [4.69, 9.17) is 23.5 Å². The quantitative estimate of drug-likeness (QED) is 0.0827. The summed E-state index contributed by atoms with van der Waals surface area (Å²) < 4.78 is 42.7. The number of halogens is 6. The van der Waals surface area contributed by atoms with Crippen LogP contribution in [-0.2, 0) is 47.9 Å². The number of nitrogens with one attached hydrogen (secondary N) is 1. The van der Waals surface area contributed by atoms with E-state index in [1.54, 1.807) is 47.0 Å². The van der Waals surface area contributed by atoms with Crippen LogP contribution in [0, 0.1) is 0 Å². The molecule has 0 bridgehead atoms. The first kappa shape index (κ1) is 60.5. The highest BCUT2D eigenvalue weighted by molar-refractivity contribution is 9.11. The van der Waals surface area contributed by atoms with Gasteiger partial charge in [0.1, 0.15) is 0 Å². The second kappa shape index (κ2) is 33.0. The van der Waals surface area contributed by atoms with E-state index in [-0.39, 0.29) is 18.3 Å². The Hall–Kier alpha value is -2.80. The van der Waals surface area contributed by atoms with Crippen molar-refractivity contribution in [2.75, 3.05) is 60.2 Å². The van der Waals surface area contributed by atoms with Crippen molar-refractivity contribution in [2.24, 2.45) is 0 Å². The summed E-state index contributed by atoms with van der Waals surface area (Å²) in [4.78, 5) is 0. The lowest BCUT2D eigenvalue weighted by atomic mass is 9.78. The molecule has 0 unspecified atom stereocenters. The van der Waals surface area contributed by atoms with Crippen molar-refractivity contribution >= 4 is 108 Å². The zero-order valence-electron chi connectivity index (χ0n) is 40.1. The summed E-state index contributed by atoms with van der Waals surface area (Å²) in [5.74, 6) is 0. The smallest absolute Gasteiger partial charge is 0.399 e. The number of aromatic nitrogens is 8. The Morgan fingerprint density at radius 1 is 0.493 bits per heavy atom. The number of benzene rings is 3. The van der Waals surface area contributed by atoms with Crippen LogP contribution in [0.1, 0.15) is 27.7 Å². The molecule has 1 saturated heterocycles. The summed E-state index contributed by atoms with van der Waals surface area (Å²) in [6.07, 6.45) is 14.9. The highest BCUT2D eigenvalue weighted by Gasteiger charge is 2.51. The number of ether oxygens (including phenoxy) is 4. The zero-order chi connectivity index (χ0) is 50.7. The normalized spacial score (nSPS) is 13.0. The predicted octanol–water partition coefficient (Wildman–Crippen LogP) is 12.2. The molecule has 69 heavy (non-hydrogen) atoms. The minimum absolute atomic E-state index is 0.321. The summed E-state index contributed by atoms with van der Waals surface area (Å²) in [7, 11) is 6.42. The molecule has 0 radical (unpaired) electrons. The van der Waals surface area contributed by atoms with Gasteiger partial charge in [0.25, 0.3) is 0 Å². The van der Waals surface area contributed by atoms with Gasteiger partial charge in [-0.25, -0.2) is 0 Å². The monoisotopic (exact) mass is 1330 g/mol. The van der Waals surface area contributed by atoms with Crippen molar-refractivity contribution in [2.45, 2.75) is 58.5 Å². The molecule has 5 heterocycles. The molecule has 1 aliphatic rings. The van der Waals surface area contributed by atoms with E-state index in [1.165, 1.54) is 5.56 Å². The molecule has 7 aromatic rings. The summed E-state index contributed by atoms with van der Waals surface area (Å²) in [6, 6.07) is 24.4. The van der Waals surface area contributed by atoms with E-state index < -0.39 is 0 Å². The van der Waals surface area contributed by atoms with E-state index in [0.29, 0.717) is 19.8 Å². The van der Waals surface area contributed by atoms with E-state index in [0.717, 1.165) is 76.1 Å². The fourth-order valence-corrected chi connectivity index (χ4v) is 7.13. The van der Waals surface area contributed by atoms with Crippen LogP contribution in [0.4, 0.5) is 0 Å². The Morgan fingerprint density at radius 3 is 1.20 bits per heavy atom. The van der Waals surface area contributed by atoms with Crippen LogP contribution < -0.4 is 5.46 Å². The lowest BCUT2D eigenvalue weighted by Gasteiger charge is -2.32. The zero-order valence-corrected chi connectivity index (χ0v) is 49.6. The number of H-pyrrole nitrogens is 1. The summed E-state index contributed by atoms with van der Waals surface area (Å²) in [6.45, 7) is 13.5. The molecule has 4 aromatic heterocycles. The lowest BCUT2D eigenvalue weighted by Crippen LogP contribution is -2.41. The summed E-state index contributed by atoms with van der Waals surface area (Å²) in [5, 5.41) is 19.9. The average molecular weight is 1340 g/mol. The number of aromatic amines is 1. The molecular weight excluding hydrogens is 1270 g/mol. The molecule has 0 atom stereocenters. The van der Waals surface area contributed by atoms with Gasteiger partial charge < -0.3 is 28.3 Å². The number of alkyl halides is 1. The molecule has 0 aliphatic carbocycles. The van der Waals surface area contributed by atoms with Gasteiger partial charge in [0.15, 0.2) is 0 Å². The maximum absolute atomic E-state index is 6.09. The van der Waals surface area contributed by atoms with Crippen molar-refractivity contribution in [3.63, 3.8) is 0 Å². The van der Waals surface area contributed by atoms with Gasteiger partial charge in [0, 0.05) is 83.1 Å². The standard InChI is InChI=1S/C18H25BN2O3.C12H13BrN2O.C6H4Br2.C6H9BrN2O.C3H3BrN2.C3H7BrO/c1-17(2)18(3,4)24-19(23-17)16-8-6-14(7-9-16)15-12-20-21(13-15)10-11-22-5;1-16-7-6-15-9-11(8-14-15)10-2-4-12(13)5-3-10;7-5-1-2-6(8)4-3-5;1-10-3-2-9-5-6(7)4-8-9;4-3-1-5-6-2-3;1-5-3-2-4/h6-9,12-13H,10-11H2,1-5H3;2-5,8-9H,6-7H2,1H3;1-4H;4-5H,2-3H2,1H3;1-2H,(H,5,6);2-3H2,1H3. The molecule has 1 N–H and O–H groups in total. The third-order valence-corrected chi connectivity index (χ3v) is 12.7. The van der Waals surface area contributed by atoms with Crippen LogP contribution in [0.2, 0.25) is 0 Å². The molecule has 1 fully saturated rings. The molecule has 374 valence electrons. The van der Waals surface area contributed by atoms with Crippen molar-refractivity contribution in [1.82, 2.24) is 39.5 Å². The predicted molar refractivity (Wildman–Crippen MR) is 298 cm³/mol. The molecule has 0 saturated carbocycles. The van der Waals surface area contributed by atoms with Crippen LogP contribution in [0.25, 0.3) is 22.3 Å². The van der Waals surface area contributed by atoms with Crippen molar-refractivity contribution < 1.29 is 28.3 Å². The fourth-order valence-electron chi connectivity index (χ4n) is 5.48. The van der Waals surface area contributed by atoms with Gasteiger partial charge in [-0.15, -0.1) is 0 Å². The number of hydrogen-bond acceptors (Lipinski definition) is 10. The van der Waals surface area contributed by atoms with Gasteiger partial charge in [-0.1, -0.05) is 100 Å². The molecule has 0 amide bonds. The highest BCUT2D eigenvalue weighted by Crippen LogP contribution is 2.36. The van der Waals surface area contributed by atoms with E-state index >= 15 is 0 Å². The first-order chi connectivity index (χ1) is 33.0. The van der Waals surface area contributed by atoms with Crippen molar-refractivity contribution in [3.05, 3.63) is 145 Å². The third kappa shape index (κ3) is 23.1. The average Bonchev–Trinajstić information content (AvgIpc) is 4.21. The number of hydrogen-bond donors (Lipinski definition) is 1. The van der Waals surface area contributed by atoms with Gasteiger partial charge in [-0.3, -0.25) is 19.1 Å². The van der Waals surface area contributed by atoms with E-state index in [9.17, 15) is 0 Å². The lowest BCUT2D eigenvalue weighted by molar-refractivity contribution is 0.00578. The molecule has 21 heteroatoms. The van der Waals surface area contributed by atoms with Gasteiger partial charge >= 0.3 is 7.12 Å². The van der Waals surface area contributed by atoms with Gasteiger partial charge in [0.2, 0.25) is 0 Å². The number of nitrogens with zero attached hydrogens (tertiary/aromatic N) is 7. The number of methoxy groups -OCH3 is 4. The van der Waals surface area contributed by atoms with Crippen LogP contribution in [0.15, 0.2) is 145 Å². The largest absolute Gasteiger partial charge is 0.494 e. The molecule has 3 aromatic carbocycles. The second-order valence-electron chi connectivity index (χ2n) is 15.6. The van der Waals surface area contributed by atoms with Gasteiger partial charge in [-0.2, -0.15) is 20.4 Å². The van der Waals surface area contributed by atoms with Gasteiger partial charge in [-0.05, 0) is 113 Å². The molecule has 0 spiro atoms. The van der Waals surface area contributed by atoms with Crippen LogP contribution in [0.3, 0.4) is 0 Å². The molecule has 8 rings (SSSR count). The Bertz CT molecular complexity index is 2360.